The number of hydrogen-bond donors (Lipinski definition) is 0. The Balaban J connectivity index is 1.74. The van der Waals surface area contributed by atoms with Gasteiger partial charge in [0.2, 0.25) is 0 Å². The summed E-state index contributed by atoms with van der Waals surface area (Å²) in [6.07, 6.45) is 4.36. The van der Waals surface area contributed by atoms with Crippen molar-refractivity contribution < 1.29 is 9.47 Å². The summed E-state index contributed by atoms with van der Waals surface area (Å²) in [6.45, 7) is 6.05. The van der Waals surface area contributed by atoms with Gasteiger partial charge >= 0.3 is 0 Å². The van der Waals surface area contributed by atoms with Gasteiger partial charge in [0.1, 0.15) is 10.6 Å². The molecule has 0 spiro atoms. The maximum Gasteiger partial charge on any atom is 0.136 e. The van der Waals surface area contributed by atoms with Crippen LogP contribution in [0.3, 0.4) is 0 Å². The van der Waals surface area contributed by atoms with E-state index in [1.807, 2.05) is 18.2 Å². The summed E-state index contributed by atoms with van der Waals surface area (Å²) in [4.78, 5) is -0.598. The molecule has 2 nitrogen and oxygen atoms in total. The fourth-order valence-corrected chi connectivity index (χ4v) is 3.06. The maximum absolute atomic E-state index is 6.04. The highest BCUT2D eigenvalue weighted by Gasteiger charge is 2.51. The minimum absolute atomic E-state index is 0.211. The van der Waals surface area contributed by atoms with Gasteiger partial charge in [-0.2, -0.15) is 0 Å². The Labute approximate surface area is 129 Å². The Bertz CT molecular complexity index is 505. The summed E-state index contributed by atoms with van der Waals surface area (Å²) in [5.74, 6) is 1.52. The van der Waals surface area contributed by atoms with Crippen molar-refractivity contribution in [2.45, 2.75) is 17.7 Å². The van der Waals surface area contributed by atoms with E-state index in [2.05, 4.69) is 6.58 Å². The molecule has 108 valence electrons. The van der Waals surface area contributed by atoms with Crippen molar-refractivity contribution in [3.63, 3.8) is 0 Å². The van der Waals surface area contributed by atoms with E-state index in [0.29, 0.717) is 6.61 Å². The van der Waals surface area contributed by atoms with Crippen LogP contribution in [0.25, 0.3) is 6.08 Å². The molecule has 2 aliphatic rings. The Hall–Kier alpha value is -0.700. The molecule has 0 atom stereocenters. The molecule has 1 aromatic carbocycles. The van der Waals surface area contributed by atoms with E-state index in [9.17, 15) is 0 Å². The van der Waals surface area contributed by atoms with Gasteiger partial charge in [-0.25, -0.2) is 0 Å². The van der Waals surface area contributed by atoms with Crippen molar-refractivity contribution in [1.82, 2.24) is 0 Å². The van der Waals surface area contributed by atoms with Crippen LogP contribution >= 0.6 is 23.2 Å². The fraction of sp³-hybridized carbons (Fsp3) is 0.500. The average Bonchev–Trinajstić information content (AvgIpc) is 3.22. The average molecular weight is 313 g/mol. The second-order valence-corrected chi connectivity index (χ2v) is 6.82. The van der Waals surface area contributed by atoms with Gasteiger partial charge < -0.3 is 9.47 Å². The molecule has 1 aliphatic heterocycles. The second-order valence-electron chi connectivity index (χ2n) is 5.72. The summed E-state index contributed by atoms with van der Waals surface area (Å²) < 4.78 is 11.4. The van der Waals surface area contributed by atoms with E-state index in [1.165, 1.54) is 12.8 Å². The van der Waals surface area contributed by atoms with Gasteiger partial charge in [-0.1, -0.05) is 41.9 Å². The van der Waals surface area contributed by atoms with Crippen molar-refractivity contribution in [2.24, 2.45) is 11.3 Å². The summed E-state index contributed by atoms with van der Waals surface area (Å²) in [7, 11) is 0. The van der Waals surface area contributed by atoms with E-state index in [1.54, 1.807) is 6.08 Å². The minimum atomic E-state index is -0.598. The lowest BCUT2D eigenvalue weighted by molar-refractivity contribution is -0.144. The van der Waals surface area contributed by atoms with Crippen LogP contribution in [0.5, 0.6) is 5.75 Å². The first-order valence-electron chi connectivity index (χ1n) is 6.90. The van der Waals surface area contributed by atoms with Gasteiger partial charge in [0.15, 0.2) is 0 Å². The van der Waals surface area contributed by atoms with E-state index in [-0.39, 0.29) is 5.41 Å². The number of hydrogen-bond acceptors (Lipinski definition) is 2. The second kappa shape index (κ2) is 5.59. The molecule has 2 fully saturated rings. The topological polar surface area (TPSA) is 18.5 Å². The lowest BCUT2D eigenvalue weighted by Gasteiger charge is -2.41. The molecule has 0 N–H and O–H groups in total. The standard InChI is InChI=1S/C16H18Cl2O2/c1-2-11-3-6-14(13(7-11)15(17)18)20-10-16(8-19-9-16)12-4-5-12/h2-3,6-7,12,15H,1,4-5,8-10H2. The molecule has 0 aromatic heterocycles. The van der Waals surface area contributed by atoms with Crippen LogP contribution in [0.4, 0.5) is 0 Å². The SMILES string of the molecule is C=Cc1ccc(OCC2(C3CC3)COC2)c(C(Cl)Cl)c1. The van der Waals surface area contributed by atoms with E-state index in [4.69, 9.17) is 32.7 Å². The molecule has 4 heteroatoms. The van der Waals surface area contributed by atoms with Crippen molar-refractivity contribution in [3.8, 4) is 5.75 Å². The number of benzene rings is 1. The van der Waals surface area contributed by atoms with Crippen LogP contribution in [0, 0.1) is 11.3 Å². The molecule has 0 unspecified atom stereocenters. The molecule has 1 saturated carbocycles. The summed E-state index contributed by atoms with van der Waals surface area (Å²) >= 11 is 12.1. The molecule has 0 radical (unpaired) electrons. The maximum atomic E-state index is 6.04. The third-order valence-electron chi connectivity index (χ3n) is 4.24. The first-order valence-corrected chi connectivity index (χ1v) is 7.77. The summed E-state index contributed by atoms with van der Waals surface area (Å²) in [5.41, 5.74) is 2.00. The van der Waals surface area contributed by atoms with Gasteiger partial charge in [-0.05, 0) is 36.5 Å². The van der Waals surface area contributed by atoms with Crippen molar-refractivity contribution in [1.29, 1.82) is 0 Å². The Morgan fingerprint density at radius 1 is 1.40 bits per heavy atom. The van der Waals surface area contributed by atoms with Crippen LogP contribution < -0.4 is 4.74 Å². The zero-order chi connectivity index (χ0) is 14.2. The number of halogens is 2. The van der Waals surface area contributed by atoms with E-state index in [0.717, 1.165) is 36.0 Å². The third kappa shape index (κ3) is 2.69. The molecule has 1 aromatic rings. The van der Waals surface area contributed by atoms with Crippen LogP contribution in [0.2, 0.25) is 0 Å². The van der Waals surface area contributed by atoms with Crippen molar-refractivity contribution >= 4 is 29.3 Å². The molecule has 1 saturated heterocycles. The quantitative estimate of drug-likeness (QED) is 0.714. The highest BCUT2D eigenvalue weighted by Crippen LogP contribution is 2.50. The monoisotopic (exact) mass is 312 g/mol. The molecular formula is C16H18Cl2O2. The largest absolute Gasteiger partial charge is 0.492 e. The van der Waals surface area contributed by atoms with Gasteiger partial charge in [0.05, 0.1) is 25.2 Å². The summed E-state index contributed by atoms with van der Waals surface area (Å²) in [5, 5.41) is 0. The fourth-order valence-electron chi connectivity index (χ4n) is 2.71. The zero-order valence-corrected chi connectivity index (χ0v) is 12.8. The van der Waals surface area contributed by atoms with Crippen LogP contribution in [-0.2, 0) is 4.74 Å². The molecule has 20 heavy (non-hydrogen) atoms. The van der Waals surface area contributed by atoms with Gasteiger partial charge in [-0.3, -0.25) is 0 Å². The molecule has 3 rings (SSSR count). The third-order valence-corrected chi connectivity index (χ3v) is 4.71. The lowest BCUT2D eigenvalue weighted by Crippen LogP contribution is -2.49. The van der Waals surface area contributed by atoms with E-state index >= 15 is 0 Å². The van der Waals surface area contributed by atoms with Gasteiger partial charge in [-0.15, -0.1) is 0 Å². The predicted molar refractivity (Wildman–Crippen MR) is 82.5 cm³/mol. The Morgan fingerprint density at radius 2 is 2.15 bits per heavy atom. The highest BCUT2D eigenvalue weighted by atomic mass is 35.5. The van der Waals surface area contributed by atoms with Crippen molar-refractivity contribution in [3.05, 3.63) is 35.9 Å². The van der Waals surface area contributed by atoms with Gasteiger partial charge in [0.25, 0.3) is 0 Å². The van der Waals surface area contributed by atoms with Gasteiger partial charge in [0, 0.05) is 5.56 Å². The highest BCUT2D eigenvalue weighted by molar-refractivity contribution is 6.44. The first-order chi connectivity index (χ1) is 9.64. The smallest absolute Gasteiger partial charge is 0.136 e. The normalized spacial score (nSPS) is 20.6. The lowest BCUT2D eigenvalue weighted by atomic mass is 9.81. The molecule has 0 bridgehead atoms. The first kappa shape index (κ1) is 14.2. The minimum Gasteiger partial charge on any atom is -0.492 e. The molecule has 1 heterocycles. The Kier molecular flexibility index (Phi) is 3.98. The number of rotatable bonds is 6. The predicted octanol–water partition coefficient (Wildman–Crippen LogP) is 4.61. The molecular weight excluding hydrogens is 295 g/mol. The number of ether oxygens (including phenoxy) is 2. The van der Waals surface area contributed by atoms with Crippen LogP contribution in [0.15, 0.2) is 24.8 Å². The number of alkyl halides is 2. The molecule has 1 aliphatic carbocycles. The zero-order valence-electron chi connectivity index (χ0n) is 11.3. The Morgan fingerprint density at radius 3 is 2.65 bits per heavy atom. The van der Waals surface area contributed by atoms with Crippen LogP contribution in [0.1, 0.15) is 28.8 Å². The van der Waals surface area contributed by atoms with Crippen LogP contribution in [-0.4, -0.2) is 19.8 Å². The van der Waals surface area contributed by atoms with Crippen molar-refractivity contribution in [2.75, 3.05) is 19.8 Å². The van der Waals surface area contributed by atoms with E-state index < -0.39 is 4.84 Å². The summed E-state index contributed by atoms with van der Waals surface area (Å²) in [6, 6.07) is 5.81. The molecule has 0 amide bonds.